The Morgan fingerprint density at radius 1 is 0.929 bits per heavy atom. The summed E-state index contributed by atoms with van der Waals surface area (Å²) in [5, 5.41) is 4.90. The number of piperidine rings is 1. The van der Waals surface area contributed by atoms with Gasteiger partial charge in [0.25, 0.3) is 0 Å². The molecule has 7 heteroatoms. The zero-order valence-electron chi connectivity index (χ0n) is 15.8. The summed E-state index contributed by atoms with van der Waals surface area (Å²) in [6.07, 6.45) is 2.31. The van der Waals surface area contributed by atoms with Crippen LogP contribution in [-0.4, -0.2) is 24.3 Å². The van der Waals surface area contributed by atoms with Crippen molar-refractivity contribution in [2.45, 2.75) is 33.1 Å². The molecule has 0 atom stereocenters. The fraction of sp³-hybridized carbons (Fsp3) is 0.286. The lowest BCUT2D eigenvalue weighted by Gasteiger charge is -2.28. The van der Waals surface area contributed by atoms with Crippen LogP contribution in [0.4, 0.5) is 21.5 Å². The third-order valence-electron chi connectivity index (χ3n) is 4.72. The predicted octanol–water partition coefficient (Wildman–Crippen LogP) is 3.54. The van der Waals surface area contributed by atoms with Gasteiger partial charge in [-0.1, -0.05) is 12.1 Å². The van der Waals surface area contributed by atoms with Crippen molar-refractivity contribution >= 4 is 34.8 Å². The number of hydrogen-bond donors (Lipinski definition) is 2. The SMILES string of the molecule is Cc1ccc(NC(=O)C(=O)Nc2ccc(C)c(N3CCCCC3=O)c2)cc1F. The van der Waals surface area contributed by atoms with E-state index in [9.17, 15) is 18.8 Å². The summed E-state index contributed by atoms with van der Waals surface area (Å²) in [4.78, 5) is 38.2. The zero-order valence-corrected chi connectivity index (χ0v) is 15.8. The van der Waals surface area contributed by atoms with Crippen LogP contribution in [0.15, 0.2) is 36.4 Å². The number of benzene rings is 2. The number of amides is 3. The molecule has 0 aromatic heterocycles. The summed E-state index contributed by atoms with van der Waals surface area (Å²) in [6.45, 7) is 4.13. The third kappa shape index (κ3) is 4.36. The highest BCUT2D eigenvalue weighted by Gasteiger charge is 2.22. The molecule has 1 heterocycles. The molecule has 0 spiro atoms. The molecule has 3 amide bonds. The second-order valence-electron chi connectivity index (χ2n) is 6.88. The van der Waals surface area contributed by atoms with Crippen molar-refractivity contribution in [2.75, 3.05) is 22.1 Å². The average Bonchev–Trinajstić information content (AvgIpc) is 2.67. The van der Waals surface area contributed by atoms with Crippen LogP contribution in [-0.2, 0) is 14.4 Å². The first-order valence-electron chi connectivity index (χ1n) is 9.14. The highest BCUT2D eigenvalue weighted by atomic mass is 19.1. The number of aryl methyl sites for hydroxylation is 2. The maximum Gasteiger partial charge on any atom is 0.314 e. The first-order valence-corrected chi connectivity index (χ1v) is 9.14. The van der Waals surface area contributed by atoms with Gasteiger partial charge in [-0.3, -0.25) is 14.4 Å². The van der Waals surface area contributed by atoms with Crippen LogP contribution in [0.5, 0.6) is 0 Å². The zero-order chi connectivity index (χ0) is 20.3. The van der Waals surface area contributed by atoms with Gasteiger partial charge in [-0.15, -0.1) is 0 Å². The second kappa shape index (κ2) is 8.21. The van der Waals surface area contributed by atoms with Gasteiger partial charge in [-0.25, -0.2) is 4.39 Å². The number of nitrogens with zero attached hydrogens (tertiary/aromatic N) is 1. The number of hydrogen-bond acceptors (Lipinski definition) is 3. The van der Waals surface area contributed by atoms with E-state index >= 15 is 0 Å². The topological polar surface area (TPSA) is 78.5 Å². The first kappa shape index (κ1) is 19.5. The molecule has 28 heavy (non-hydrogen) atoms. The van der Waals surface area contributed by atoms with Gasteiger partial charge in [-0.05, 0) is 62.1 Å². The molecule has 2 N–H and O–H groups in total. The van der Waals surface area contributed by atoms with Crippen molar-refractivity contribution in [3.8, 4) is 0 Å². The van der Waals surface area contributed by atoms with Gasteiger partial charge in [0, 0.05) is 30.0 Å². The number of halogens is 1. The van der Waals surface area contributed by atoms with E-state index in [1.165, 1.54) is 12.1 Å². The summed E-state index contributed by atoms with van der Waals surface area (Å²) in [6, 6.07) is 9.35. The third-order valence-corrected chi connectivity index (χ3v) is 4.72. The molecule has 2 aromatic carbocycles. The molecule has 1 aliphatic rings. The number of anilines is 3. The minimum Gasteiger partial charge on any atom is -0.318 e. The van der Waals surface area contributed by atoms with Gasteiger partial charge in [-0.2, -0.15) is 0 Å². The molecule has 1 aliphatic heterocycles. The van der Waals surface area contributed by atoms with Crippen molar-refractivity contribution in [3.63, 3.8) is 0 Å². The van der Waals surface area contributed by atoms with E-state index < -0.39 is 17.6 Å². The van der Waals surface area contributed by atoms with Crippen LogP contribution in [0.25, 0.3) is 0 Å². The predicted molar refractivity (Wildman–Crippen MR) is 106 cm³/mol. The number of nitrogens with one attached hydrogen (secondary N) is 2. The highest BCUT2D eigenvalue weighted by molar-refractivity contribution is 6.43. The molecule has 0 bridgehead atoms. The average molecular weight is 383 g/mol. The molecule has 0 saturated carbocycles. The Labute approximate surface area is 162 Å². The van der Waals surface area contributed by atoms with E-state index in [4.69, 9.17) is 0 Å². The van der Waals surface area contributed by atoms with Crippen molar-refractivity contribution < 1.29 is 18.8 Å². The van der Waals surface area contributed by atoms with Crippen molar-refractivity contribution in [1.82, 2.24) is 0 Å². The van der Waals surface area contributed by atoms with Crippen LogP contribution < -0.4 is 15.5 Å². The lowest BCUT2D eigenvalue weighted by molar-refractivity contribution is -0.133. The summed E-state index contributed by atoms with van der Waals surface area (Å²) in [5.74, 6) is -2.19. The Kier molecular flexibility index (Phi) is 5.73. The molecule has 0 aliphatic carbocycles. The second-order valence-corrected chi connectivity index (χ2v) is 6.88. The summed E-state index contributed by atoms with van der Waals surface area (Å²) >= 11 is 0. The molecular weight excluding hydrogens is 361 g/mol. The molecule has 0 unspecified atom stereocenters. The summed E-state index contributed by atoms with van der Waals surface area (Å²) in [7, 11) is 0. The number of carbonyl (C=O) groups is 3. The van der Waals surface area contributed by atoms with E-state index in [1.54, 1.807) is 30.0 Å². The van der Waals surface area contributed by atoms with Gasteiger partial charge in [0.15, 0.2) is 0 Å². The standard InChI is InChI=1S/C21H22FN3O3/c1-13-6-8-15(11-17(13)22)23-20(27)21(28)24-16-9-7-14(2)18(12-16)25-10-4-3-5-19(25)26/h6-9,11-12H,3-5,10H2,1-2H3,(H,23,27)(H,24,28). The van der Waals surface area contributed by atoms with Crippen molar-refractivity contribution in [1.29, 1.82) is 0 Å². The largest absolute Gasteiger partial charge is 0.318 e. The Morgan fingerprint density at radius 2 is 1.54 bits per heavy atom. The van der Waals surface area contributed by atoms with Crippen LogP contribution in [0.1, 0.15) is 30.4 Å². The van der Waals surface area contributed by atoms with Gasteiger partial charge in [0.05, 0.1) is 0 Å². The Hall–Kier alpha value is -3.22. The monoisotopic (exact) mass is 383 g/mol. The van der Waals surface area contributed by atoms with Crippen LogP contribution in [0.3, 0.4) is 0 Å². The van der Waals surface area contributed by atoms with Gasteiger partial charge in [0.2, 0.25) is 5.91 Å². The maximum absolute atomic E-state index is 13.6. The normalized spacial score (nSPS) is 14.0. The van der Waals surface area contributed by atoms with Crippen LogP contribution in [0.2, 0.25) is 0 Å². The first-order chi connectivity index (χ1) is 13.3. The van der Waals surface area contributed by atoms with Gasteiger partial charge in [0.1, 0.15) is 5.82 Å². The Bertz CT molecular complexity index is 942. The molecule has 1 saturated heterocycles. The quantitative estimate of drug-likeness (QED) is 0.796. The minimum absolute atomic E-state index is 0.0527. The molecule has 6 nitrogen and oxygen atoms in total. The number of carbonyl (C=O) groups excluding carboxylic acids is 3. The lowest BCUT2D eigenvalue weighted by Crippen LogP contribution is -2.35. The minimum atomic E-state index is -0.903. The van der Waals surface area contributed by atoms with Gasteiger partial charge < -0.3 is 15.5 Å². The Balaban J connectivity index is 1.71. The van der Waals surface area contributed by atoms with E-state index in [-0.39, 0.29) is 11.6 Å². The van der Waals surface area contributed by atoms with Crippen molar-refractivity contribution in [3.05, 3.63) is 53.3 Å². The smallest absolute Gasteiger partial charge is 0.314 e. The number of rotatable bonds is 3. The molecule has 0 radical (unpaired) electrons. The molecule has 1 fully saturated rings. The molecule has 146 valence electrons. The fourth-order valence-corrected chi connectivity index (χ4v) is 3.08. The fourth-order valence-electron chi connectivity index (χ4n) is 3.08. The van der Waals surface area contributed by atoms with E-state index in [0.29, 0.717) is 24.2 Å². The van der Waals surface area contributed by atoms with E-state index in [2.05, 4.69) is 10.6 Å². The maximum atomic E-state index is 13.6. The summed E-state index contributed by atoms with van der Waals surface area (Å²) in [5.41, 5.74) is 2.69. The lowest BCUT2D eigenvalue weighted by atomic mass is 10.1. The molecule has 2 aromatic rings. The Morgan fingerprint density at radius 3 is 2.14 bits per heavy atom. The van der Waals surface area contributed by atoms with E-state index in [0.717, 1.165) is 30.2 Å². The molecule has 3 rings (SSSR count). The van der Waals surface area contributed by atoms with E-state index in [1.807, 2.05) is 6.92 Å². The molecular formula is C21H22FN3O3. The van der Waals surface area contributed by atoms with Crippen LogP contribution >= 0.6 is 0 Å². The van der Waals surface area contributed by atoms with Crippen molar-refractivity contribution in [2.24, 2.45) is 0 Å². The van der Waals surface area contributed by atoms with Gasteiger partial charge >= 0.3 is 11.8 Å². The highest BCUT2D eigenvalue weighted by Crippen LogP contribution is 2.27. The summed E-state index contributed by atoms with van der Waals surface area (Å²) < 4.78 is 13.6. The van der Waals surface area contributed by atoms with Crippen LogP contribution in [0, 0.1) is 19.7 Å².